The summed E-state index contributed by atoms with van der Waals surface area (Å²) in [6.07, 6.45) is 2.57. The zero-order valence-electron chi connectivity index (χ0n) is 15.1. The van der Waals surface area contributed by atoms with Crippen LogP contribution in [0.2, 0.25) is 0 Å². The predicted molar refractivity (Wildman–Crippen MR) is 97.6 cm³/mol. The fourth-order valence-electron chi connectivity index (χ4n) is 2.83. The molecule has 0 aromatic heterocycles. The molecule has 0 saturated carbocycles. The van der Waals surface area contributed by atoms with Crippen LogP contribution in [0, 0.1) is 0 Å². The van der Waals surface area contributed by atoms with Gasteiger partial charge in [-0.25, -0.2) is 0 Å². The minimum absolute atomic E-state index is 0.0305. The lowest BCUT2D eigenvalue weighted by Crippen LogP contribution is -2.25. The van der Waals surface area contributed by atoms with E-state index >= 15 is 0 Å². The van der Waals surface area contributed by atoms with E-state index in [4.69, 9.17) is 9.47 Å². The van der Waals surface area contributed by atoms with E-state index in [2.05, 4.69) is 0 Å². The first kappa shape index (κ1) is 17.9. The Hall–Kier alpha value is -2.49. The average Bonchev–Trinajstić information content (AvgIpc) is 2.56. The lowest BCUT2D eigenvalue weighted by atomic mass is 10.0. The fraction of sp³-hybridized carbons (Fsp3) is 0.350. The smallest absolute Gasteiger partial charge is 0.223 e. The summed E-state index contributed by atoms with van der Waals surface area (Å²) in [4.78, 5) is 13.5. The van der Waals surface area contributed by atoms with Gasteiger partial charge in [-0.15, -0.1) is 0 Å². The van der Waals surface area contributed by atoms with Crippen LogP contribution in [0.15, 0.2) is 42.1 Å². The molecule has 4 nitrogen and oxygen atoms in total. The lowest BCUT2D eigenvalue weighted by molar-refractivity contribution is -0.126. The van der Waals surface area contributed by atoms with Crippen molar-refractivity contribution in [3.05, 3.63) is 47.7 Å². The molecule has 0 aliphatic heterocycles. The highest BCUT2D eigenvalue weighted by molar-refractivity contribution is 5.94. The van der Waals surface area contributed by atoms with E-state index in [1.165, 1.54) is 0 Å². The summed E-state index contributed by atoms with van der Waals surface area (Å²) in [5.41, 5.74) is 2.12. The second kappa shape index (κ2) is 7.86. The Labute approximate surface area is 143 Å². The minimum Gasteiger partial charge on any atom is -0.496 e. The molecule has 0 bridgehead atoms. The normalized spacial score (nSPS) is 10.4. The van der Waals surface area contributed by atoms with Crippen molar-refractivity contribution in [2.75, 3.05) is 20.8 Å². The van der Waals surface area contributed by atoms with Crippen molar-refractivity contribution in [3.63, 3.8) is 0 Å². The lowest BCUT2D eigenvalue weighted by Gasteiger charge is -2.19. The van der Waals surface area contributed by atoms with E-state index in [0.29, 0.717) is 13.0 Å². The maximum absolute atomic E-state index is 11.8. The average molecular weight is 327 g/mol. The first-order valence-electron chi connectivity index (χ1n) is 8.02. The maximum atomic E-state index is 11.8. The van der Waals surface area contributed by atoms with E-state index in [9.17, 15) is 4.79 Å². The van der Waals surface area contributed by atoms with Crippen LogP contribution in [-0.4, -0.2) is 31.6 Å². The summed E-state index contributed by atoms with van der Waals surface area (Å²) in [5, 5.41) is 2.04. The van der Waals surface area contributed by atoms with E-state index in [1.807, 2.05) is 50.4 Å². The largest absolute Gasteiger partial charge is 0.496 e. The monoisotopic (exact) mass is 327 g/mol. The van der Waals surface area contributed by atoms with Gasteiger partial charge in [0.2, 0.25) is 5.91 Å². The first-order valence-corrected chi connectivity index (χ1v) is 8.02. The molecule has 0 radical (unpaired) electrons. The van der Waals surface area contributed by atoms with Gasteiger partial charge < -0.3 is 14.4 Å². The van der Waals surface area contributed by atoms with Crippen LogP contribution >= 0.6 is 0 Å². The molecule has 0 N–H and O–H groups in total. The summed E-state index contributed by atoms with van der Waals surface area (Å²) in [7, 11) is 3.35. The van der Waals surface area contributed by atoms with Crippen molar-refractivity contribution in [2.24, 2.45) is 0 Å². The molecule has 128 valence electrons. The second-order valence-corrected chi connectivity index (χ2v) is 5.99. The van der Waals surface area contributed by atoms with E-state index < -0.39 is 0 Å². The summed E-state index contributed by atoms with van der Waals surface area (Å²) in [6.45, 7) is 6.14. The number of carbonyl (C=O) groups excluding carboxylic acids is 1. The zero-order valence-corrected chi connectivity index (χ0v) is 15.1. The number of allylic oxidation sites excluding steroid dienone is 1. The molecule has 0 saturated heterocycles. The van der Waals surface area contributed by atoms with Crippen LogP contribution in [0.5, 0.6) is 11.5 Å². The molecule has 0 spiro atoms. The molecule has 0 aliphatic carbocycles. The van der Waals surface area contributed by atoms with Crippen molar-refractivity contribution in [2.45, 2.75) is 27.2 Å². The Morgan fingerprint density at radius 1 is 1.08 bits per heavy atom. The van der Waals surface area contributed by atoms with Crippen LogP contribution in [0.25, 0.3) is 10.8 Å². The zero-order chi connectivity index (χ0) is 17.7. The highest BCUT2D eigenvalue weighted by atomic mass is 16.5. The van der Waals surface area contributed by atoms with Crippen molar-refractivity contribution in [3.8, 4) is 11.5 Å². The SMILES string of the molecule is COc1cc(CCN(C=C(C)C)C(C)=O)c(OC)c2ccccc12. The van der Waals surface area contributed by atoms with Crippen LogP contribution in [-0.2, 0) is 11.2 Å². The van der Waals surface area contributed by atoms with Gasteiger partial charge in [-0.2, -0.15) is 0 Å². The van der Waals surface area contributed by atoms with Gasteiger partial charge in [-0.1, -0.05) is 29.8 Å². The van der Waals surface area contributed by atoms with Crippen LogP contribution in [0.3, 0.4) is 0 Å². The molecule has 0 heterocycles. The Morgan fingerprint density at radius 3 is 2.29 bits per heavy atom. The molecule has 2 aromatic carbocycles. The quantitative estimate of drug-likeness (QED) is 0.799. The molecule has 0 fully saturated rings. The number of carbonyl (C=O) groups is 1. The van der Waals surface area contributed by atoms with Crippen molar-refractivity contribution in [1.29, 1.82) is 0 Å². The fourth-order valence-corrected chi connectivity index (χ4v) is 2.83. The van der Waals surface area contributed by atoms with Crippen LogP contribution in [0.1, 0.15) is 26.3 Å². The molecule has 0 atom stereocenters. The van der Waals surface area contributed by atoms with Gasteiger partial charge in [-0.3, -0.25) is 4.79 Å². The number of hydrogen-bond donors (Lipinski definition) is 0. The van der Waals surface area contributed by atoms with Crippen LogP contribution < -0.4 is 9.47 Å². The number of fused-ring (bicyclic) bond motifs is 1. The highest BCUT2D eigenvalue weighted by Crippen LogP contribution is 2.36. The van der Waals surface area contributed by atoms with Gasteiger partial charge in [0, 0.05) is 36.0 Å². The first-order chi connectivity index (χ1) is 11.5. The van der Waals surface area contributed by atoms with Crippen molar-refractivity contribution < 1.29 is 14.3 Å². The number of rotatable bonds is 6. The van der Waals surface area contributed by atoms with E-state index in [1.54, 1.807) is 26.0 Å². The third kappa shape index (κ3) is 3.88. The molecule has 0 unspecified atom stereocenters. The van der Waals surface area contributed by atoms with Gasteiger partial charge in [0.1, 0.15) is 11.5 Å². The van der Waals surface area contributed by atoms with Gasteiger partial charge in [-0.05, 0) is 26.3 Å². The second-order valence-electron chi connectivity index (χ2n) is 5.99. The molecular formula is C20H25NO3. The van der Waals surface area contributed by atoms with Crippen LogP contribution in [0.4, 0.5) is 0 Å². The number of hydrogen-bond acceptors (Lipinski definition) is 3. The van der Waals surface area contributed by atoms with Crippen molar-refractivity contribution >= 4 is 16.7 Å². The highest BCUT2D eigenvalue weighted by Gasteiger charge is 2.14. The maximum Gasteiger partial charge on any atom is 0.223 e. The molecule has 1 amide bonds. The summed E-state index contributed by atoms with van der Waals surface area (Å²) in [6, 6.07) is 10.0. The number of nitrogens with zero attached hydrogens (tertiary/aromatic N) is 1. The molecule has 0 aliphatic rings. The predicted octanol–water partition coefficient (Wildman–Crippen LogP) is 4.17. The number of ether oxygens (including phenoxy) is 2. The van der Waals surface area contributed by atoms with Gasteiger partial charge >= 0.3 is 0 Å². The molecule has 4 heteroatoms. The number of methoxy groups -OCH3 is 2. The topological polar surface area (TPSA) is 38.8 Å². The third-order valence-electron chi connectivity index (χ3n) is 3.90. The summed E-state index contributed by atoms with van der Waals surface area (Å²) >= 11 is 0. The van der Waals surface area contributed by atoms with Gasteiger partial charge in [0.15, 0.2) is 0 Å². The standard InChI is InChI=1S/C20H25NO3/c1-14(2)13-21(15(3)22)11-10-16-12-19(23-4)17-8-6-7-9-18(17)20(16)24-5/h6-9,12-13H,10-11H2,1-5H3. The van der Waals surface area contributed by atoms with Gasteiger partial charge in [0.05, 0.1) is 14.2 Å². The Balaban J connectivity index is 2.41. The third-order valence-corrected chi connectivity index (χ3v) is 3.90. The van der Waals surface area contributed by atoms with Crippen molar-refractivity contribution in [1.82, 2.24) is 4.90 Å². The van der Waals surface area contributed by atoms with Gasteiger partial charge in [0.25, 0.3) is 0 Å². The summed E-state index contributed by atoms with van der Waals surface area (Å²) < 4.78 is 11.2. The number of amides is 1. The number of benzene rings is 2. The Bertz CT molecular complexity index is 761. The van der Waals surface area contributed by atoms with E-state index in [-0.39, 0.29) is 5.91 Å². The van der Waals surface area contributed by atoms with E-state index in [0.717, 1.165) is 33.4 Å². The Kier molecular flexibility index (Phi) is 5.85. The summed E-state index contributed by atoms with van der Waals surface area (Å²) in [5.74, 6) is 1.69. The minimum atomic E-state index is 0.0305. The molecule has 2 rings (SSSR count). The Morgan fingerprint density at radius 2 is 1.75 bits per heavy atom. The molecular weight excluding hydrogens is 302 g/mol. The molecule has 24 heavy (non-hydrogen) atoms. The molecule has 2 aromatic rings.